The third kappa shape index (κ3) is 16.0. The molecule has 0 rings (SSSR count). The third-order valence-corrected chi connectivity index (χ3v) is 4.21. The van der Waals surface area contributed by atoms with Crippen LogP contribution >= 0.6 is 0 Å². The first-order chi connectivity index (χ1) is 9.81. The molecule has 20 heavy (non-hydrogen) atoms. The van der Waals surface area contributed by atoms with Gasteiger partial charge in [-0.3, -0.25) is 0 Å². The molecular formula is C19H39O. The number of hydrogen-bond donors (Lipinski definition) is 0. The molecule has 0 aromatic carbocycles. The van der Waals surface area contributed by atoms with E-state index in [0.29, 0.717) is 0 Å². The standard InChI is InChI=1S/C19H39O/c1-4-5-6-7-8-9-10-11-12-13-14-15-16-17-18-19(2)20-3/h19H,2,4-18H2,1,3H3. The highest BCUT2D eigenvalue weighted by molar-refractivity contribution is 4.59. The van der Waals surface area contributed by atoms with Crippen LogP contribution in [0.2, 0.25) is 0 Å². The van der Waals surface area contributed by atoms with Gasteiger partial charge in [-0.1, -0.05) is 96.8 Å². The molecule has 0 heterocycles. The summed E-state index contributed by atoms with van der Waals surface area (Å²) in [4.78, 5) is 0. The molecule has 1 radical (unpaired) electrons. The Morgan fingerprint density at radius 2 is 1.00 bits per heavy atom. The van der Waals surface area contributed by atoms with E-state index in [1.165, 1.54) is 89.9 Å². The first-order valence-electron chi connectivity index (χ1n) is 9.17. The van der Waals surface area contributed by atoms with Gasteiger partial charge in [-0.2, -0.15) is 0 Å². The van der Waals surface area contributed by atoms with Gasteiger partial charge < -0.3 is 4.74 Å². The van der Waals surface area contributed by atoms with Crippen LogP contribution in [0.15, 0.2) is 0 Å². The van der Waals surface area contributed by atoms with Crippen molar-refractivity contribution in [3.63, 3.8) is 0 Å². The lowest BCUT2D eigenvalue weighted by atomic mass is 10.0. The van der Waals surface area contributed by atoms with Gasteiger partial charge in [0.25, 0.3) is 0 Å². The smallest absolute Gasteiger partial charge is 0.0572 e. The van der Waals surface area contributed by atoms with Gasteiger partial charge in [-0.25, -0.2) is 0 Å². The van der Waals surface area contributed by atoms with E-state index >= 15 is 0 Å². The van der Waals surface area contributed by atoms with Crippen LogP contribution in [0.25, 0.3) is 0 Å². The van der Waals surface area contributed by atoms with Crippen LogP contribution in [0.1, 0.15) is 103 Å². The van der Waals surface area contributed by atoms with Crippen molar-refractivity contribution in [2.24, 2.45) is 0 Å². The molecular weight excluding hydrogens is 244 g/mol. The highest BCUT2D eigenvalue weighted by Crippen LogP contribution is 2.13. The molecule has 0 saturated heterocycles. The Morgan fingerprint density at radius 3 is 1.35 bits per heavy atom. The molecule has 0 aromatic rings. The molecule has 0 aliphatic carbocycles. The van der Waals surface area contributed by atoms with Gasteiger partial charge in [-0.05, 0) is 13.3 Å². The third-order valence-electron chi connectivity index (χ3n) is 4.21. The van der Waals surface area contributed by atoms with Crippen LogP contribution in [0.3, 0.4) is 0 Å². The molecule has 121 valence electrons. The second-order valence-corrected chi connectivity index (χ2v) is 6.24. The summed E-state index contributed by atoms with van der Waals surface area (Å²) in [6.45, 7) is 6.22. The molecule has 0 fully saturated rings. The molecule has 1 atom stereocenters. The Hall–Kier alpha value is -0.0400. The van der Waals surface area contributed by atoms with E-state index in [2.05, 4.69) is 13.8 Å². The zero-order valence-corrected chi connectivity index (χ0v) is 14.3. The van der Waals surface area contributed by atoms with Crippen LogP contribution in [0, 0.1) is 6.92 Å². The quantitative estimate of drug-likeness (QED) is 0.286. The van der Waals surface area contributed by atoms with Crippen LogP contribution in [-0.4, -0.2) is 13.2 Å². The lowest BCUT2D eigenvalue weighted by molar-refractivity contribution is 0.128. The summed E-state index contributed by atoms with van der Waals surface area (Å²) in [7, 11) is 1.75. The van der Waals surface area contributed by atoms with Gasteiger partial charge in [0.15, 0.2) is 0 Å². The summed E-state index contributed by atoms with van der Waals surface area (Å²) in [6.07, 6.45) is 21.2. The van der Waals surface area contributed by atoms with E-state index in [1.54, 1.807) is 7.11 Å². The minimum Gasteiger partial charge on any atom is -0.381 e. The number of methoxy groups -OCH3 is 1. The number of unbranched alkanes of at least 4 members (excludes halogenated alkanes) is 13. The maximum Gasteiger partial charge on any atom is 0.0572 e. The van der Waals surface area contributed by atoms with Gasteiger partial charge in [0.1, 0.15) is 0 Å². The van der Waals surface area contributed by atoms with Crippen molar-refractivity contribution in [1.82, 2.24) is 0 Å². The molecule has 1 unspecified atom stereocenters. The van der Waals surface area contributed by atoms with Gasteiger partial charge in [0.05, 0.1) is 6.10 Å². The summed E-state index contributed by atoms with van der Waals surface area (Å²) in [6, 6.07) is 0. The van der Waals surface area contributed by atoms with Gasteiger partial charge in [0, 0.05) is 7.11 Å². The number of ether oxygens (including phenoxy) is 1. The van der Waals surface area contributed by atoms with Crippen molar-refractivity contribution < 1.29 is 4.74 Å². The number of hydrogen-bond acceptors (Lipinski definition) is 1. The molecule has 0 saturated carbocycles. The van der Waals surface area contributed by atoms with E-state index in [-0.39, 0.29) is 6.10 Å². The maximum atomic E-state index is 5.15. The lowest BCUT2D eigenvalue weighted by Gasteiger charge is -2.08. The van der Waals surface area contributed by atoms with E-state index in [1.807, 2.05) is 0 Å². The van der Waals surface area contributed by atoms with Crippen molar-refractivity contribution in [1.29, 1.82) is 0 Å². The van der Waals surface area contributed by atoms with Crippen molar-refractivity contribution >= 4 is 0 Å². The zero-order chi connectivity index (χ0) is 14.9. The Balaban J connectivity index is 2.96. The first-order valence-corrected chi connectivity index (χ1v) is 9.17. The van der Waals surface area contributed by atoms with Gasteiger partial charge in [0.2, 0.25) is 0 Å². The highest BCUT2D eigenvalue weighted by Gasteiger charge is 1.98. The average molecular weight is 284 g/mol. The zero-order valence-electron chi connectivity index (χ0n) is 14.3. The van der Waals surface area contributed by atoms with Crippen molar-refractivity contribution in [2.75, 3.05) is 7.11 Å². The van der Waals surface area contributed by atoms with Crippen LogP contribution in [-0.2, 0) is 4.74 Å². The molecule has 0 aromatic heterocycles. The summed E-state index contributed by atoms with van der Waals surface area (Å²) in [5.41, 5.74) is 0. The fourth-order valence-corrected chi connectivity index (χ4v) is 2.68. The fourth-order valence-electron chi connectivity index (χ4n) is 2.68. The molecule has 1 nitrogen and oxygen atoms in total. The molecule has 0 aliphatic heterocycles. The highest BCUT2D eigenvalue weighted by atomic mass is 16.5. The second kappa shape index (κ2) is 17.0. The largest absolute Gasteiger partial charge is 0.381 e. The van der Waals surface area contributed by atoms with Crippen molar-refractivity contribution in [2.45, 2.75) is 109 Å². The van der Waals surface area contributed by atoms with E-state index in [9.17, 15) is 0 Å². The van der Waals surface area contributed by atoms with Crippen molar-refractivity contribution in [3.05, 3.63) is 6.92 Å². The Kier molecular flexibility index (Phi) is 17.0. The summed E-state index contributed by atoms with van der Waals surface area (Å²) < 4.78 is 5.15. The summed E-state index contributed by atoms with van der Waals surface area (Å²) in [5.74, 6) is 0. The lowest BCUT2D eigenvalue weighted by Crippen LogP contribution is -2.04. The fraction of sp³-hybridized carbons (Fsp3) is 0.947. The maximum absolute atomic E-state index is 5.15. The van der Waals surface area contributed by atoms with E-state index in [0.717, 1.165) is 6.42 Å². The molecule has 0 aliphatic rings. The predicted octanol–water partition coefficient (Wildman–Crippen LogP) is 6.71. The monoisotopic (exact) mass is 283 g/mol. The average Bonchev–Trinajstić information content (AvgIpc) is 2.47. The van der Waals surface area contributed by atoms with Crippen LogP contribution < -0.4 is 0 Å². The normalized spacial score (nSPS) is 12.8. The molecule has 0 spiro atoms. The summed E-state index contributed by atoms with van der Waals surface area (Å²) in [5, 5.41) is 0. The van der Waals surface area contributed by atoms with Gasteiger partial charge >= 0.3 is 0 Å². The van der Waals surface area contributed by atoms with Crippen LogP contribution in [0.4, 0.5) is 0 Å². The SMILES string of the molecule is [CH2]C(CCCCCCCCCCCCCCCC)OC. The van der Waals surface area contributed by atoms with Crippen molar-refractivity contribution in [3.8, 4) is 0 Å². The Morgan fingerprint density at radius 1 is 0.650 bits per heavy atom. The topological polar surface area (TPSA) is 9.23 Å². The van der Waals surface area contributed by atoms with E-state index in [4.69, 9.17) is 4.74 Å². The molecule has 0 N–H and O–H groups in total. The first kappa shape index (κ1) is 20.0. The predicted molar refractivity (Wildman–Crippen MR) is 91.1 cm³/mol. The minimum absolute atomic E-state index is 0.201. The van der Waals surface area contributed by atoms with E-state index < -0.39 is 0 Å². The Labute approximate surface area is 128 Å². The Bertz CT molecular complexity index is 167. The van der Waals surface area contributed by atoms with Gasteiger partial charge in [-0.15, -0.1) is 0 Å². The summed E-state index contributed by atoms with van der Waals surface area (Å²) >= 11 is 0. The molecule has 1 heteroatoms. The number of rotatable bonds is 16. The second-order valence-electron chi connectivity index (χ2n) is 6.24. The van der Waals surface area contributed by atoms with Crippen LogP contribution in [0.5, 0.6) is 0 Å². The molecule has 0 amide bonds. The minimum atomic E-state index is 0.201. The molecule has 0 bridgehead atoms.